The summed E-state index contributed by atoms with van der Waals surface area (Å²) >= 11 is 0. The van der Waals surface area contributed by atoms with Crippen LogP contribution in [0.15, 0.2) is 65.7 Å². The molecule has 0 spiro atoms. The Kier molecular flexibility index (Phi) is 5.65. The number of nitrogens with zero attached hydrogens (tertiary/aromatic N) is 1. The Balaban J connectivity index is 1.39. The number of amides is 1. The molecular weight excluding hydrogens is 414 g/mol. The molecule has 4 rings (SSSR count). The lowest BCUT2D eigenvalue weighted by Gasteiger charge is -2.11. The van der Waals surface area contributed by atoms with Crippen molar-refractivity contribution < 1.29 is 17.9 Å². The minimum absolute atomic E-state index is 0.137. The van der Waals surface area contributed by atoms with Gasteiger partial charge in [-0.3, -0.25) is 9.52 Å². The number of aromatic nitrogens is 1. The number of ether oxygens (including phenoxy) is 1. The molecule has 160 valence electrons. The van der Waals surface area contributed by atoms with Crippen molar-refractivity contribution in [3.05, 3.63) is 77.5 Å². The monoisotopic (exact) mass is 437 g/mol. The van der Waals surface area contributed by atoms with E-state index in [-0.39, 0.29) is 16.8 Å². The zero-order valence-electron chi connectivity index (χ0n) is 17.3. The van der Waals surface area contributed by atoms with Crippen LogP contribution in [0.2, 0.25) is 0 Å². The summed E-state index contributed by atoms with van der Waals surface area (Å²) in [5.74, 6) is 0.699. The number of pyridine rings is 1. The van der Waals surface area contributed by atoms with Gasteiger partial charge in [-0.05, 0) is 80.3 Å². The Morgan fingerprint density at radius 3 is 2.35 bits per heavy atom. The van der Waals surface area contributed by atoms with Crippen LogP contribution < -0.4 is 14.8 Å². The van der Waals surface area contributed by atoms with Crippen molar-refractivity contribution in [3.8, 4) is 11.6 Å². The molecule has 1 aliphatic carbocycles. The molecule has 1 amide bonds. The zero-order valence-corrected chi connectivity index (χ0v) is 18.1. The van der Waals surface area contributed by atoms with Crippen molar-refractivity contribution >= 4 is 21.6 Å². The number of benzene rings is 2. The first-order valence-corrected chi connectivity index (χ1v) is 11.4. The third kappa shape index (κ3) is 5.21. The predicted octanol–water partition coefficient (Wildman–Crippen LogP) is 4.18. The molecule has 8 heteroatoms. The Morgan fingerprint density at radius 2 is 1.74 bits per heavy atom. The summed E-state index contributed by atoms with van der Waals surface area (Å²) in [5, 5.41) is 2.91. The van der Waals surface area contributed by atoms with Crippen LogP contribution in [0.5, 0.6) is 11.6 Å². The number of rotatable bonds is 7. The molecular formula is C23H23N3O4S. The van der Waals surface area contributed by atoms with Gasteiger partial charge in [-0.25, -0.2) is 13.4 Å². The van der Waals surface area contributed by atoms with E-state index in [4.69, 9.17) is 4.74 Å². The van der Waals surface area contributed by atoms with Crippen LogP contribution in [0.25, 0.3) is 0 Å². The van der Waals surface area contributed by atoms with Gasteiger partial charge in [0.05, 0.1) is 10.5 Å². The molecule has 1 fully saturated rings. The molecule has 1 heterocycles. The first-order valence-electron chi connectivity index (χ1n) is 9.95. The smallest absolute Gasteiger partial charge is 0.261 e. The van der Waals surface area contributed by atoms with Crippen molar-refractivity contribution in [1.29, 1.82) is 0 Å². The summed E-state index contributed by atoms with van der Waals surface area (Å²) in [6, 6.07) is 15.1. The minimum Gasteiger partial charge on any atom is -0.439 e. The summed E-state index contributed by atoms with van der Waals surface area (Å²) in [5.41, 5.74) is 2.85. The summed E-state index contributed by atoms with van der Waals surface area (Å²) in [6.45, 7) is 3.81. The third-order valence-electron chi connectivity index (χ3n) is 5.03. The molecule has 31 heavy (non-hydrogen) atoms. The molecule has 7 nitrogen and oxygen atoms in total. The fourth-order valence-corrected chi connectivity index (χ4v) is 4.02. The summed E-state index contributed by atoms with van der Waals surface area (Å²) in [4.78, 5) is 16.4. The van der Waals surface area contributed by atoms with E-state index in [1.165, 1.54) is 6.20 Å². The highest BCUT2D eigenvalue weighted by molar-refractivity contribution is 7.92. The van der Waals surface area contributed by atoms with E-state index in [2.05, 4.69) is 15.0 Å². The summed E-state index contributed by atoms with van der Waals surface area (Å²) < 4.78 is 33.5. The second-order valence-corrected chi connectivity index (χ2v) is 9.29. The molecule has 0 saturated heterocycles. The van der Waals surface area contributed by atoms with Crippen LogP contribution in [-0.2, 0) is 10.0 Å². The molecule has 0 bridgehead atoms. The Bertz CT molecular complexity index is 1200. The Morgan fingerprint density at radius 1 is 1.00 bits per heavy atom. The molecule has 2 aromatic carbocycles. The van der Waals surface area contributed by atoms with E-state index < -0.39 is 10.0 Å². The van der Waals surface area contributed by atoms with Gasteiger partial charge >= 0.3 is 0 Å². The number of sulfonamides is 1. The van der Waals surface area contributed by atoms with Gasteiger partial charge in [0.1, 0.15) is 5.75 Å². The second kappa shape index (κ2) is 8.39. The topological polar surface area (TPSA) is 97.4 Å². The van der Waals surface area contributed by atoms with Gasteiger partial charge in [0.25, 0.3) is 15.9 Å². The maximum absolute atomic E-state index is 12.6. The average molecular weight is 438 g/mol. The third-order valence-corrected chi connectivity index (χ3v) is 6.41. The molecule has 1 saturated carbocycles. The number of hydrogen-bond donors (Lipinski definition) is 2. The summed E-state index contributed by atoms with van der Waals surface area (Å²) in [6.07, 6.45) is 3.52. The van der Waals surface area contributed by atoms with Gasteiger partial charge in [0.15, 0.2) is 0 Å². The number of anilines is 1. The molecule has 1 aliphatic rings. The average Bonchev–Trinajstić information content (AvgIpc) is 3.56. The number of hydrogen-bond acceptors (Lipinski definition) is 5. The maximum atomic E-state index is 12.6. The van der Waals surface area contributed by atoms with Crippen molar-refractivity contribution in [2.45, 2.75) is 37.6 Å². The number of carbonyl (C=O) groups excluding carboxylic acids is 1. The quantitative estimate of drug-likeness (QED) is 0.578. The van der Waals surface area contributed by atoms with E-state index in [9.17, 15) is 13.2 Å². The van der Waals surface area contributed by atoms with Crippen molar-refractivity contribution in [2.24, 2.45) is 0 Å². The van der Waals surface area contributed by atoms with E-state index in [0.717, 1.165) is 24.0 Å². The molecule has 0 unspecified atom stereocenters. The van der Waals surface area contributed by atoms with Gasteiger partial charge in [-0.1, -0.05) is 6.07 Å². The van der Waals surface area contributed by atoms with Crippen LogP contribution in [0.4, 0.5) is 5.69 Å². The van der Waals surface area contributed by atoms with Crippen LogP contribution in [0, 0.1) is 13.8 Å². The second-order valence-electron chi connectivity index (χ2n) is 7.61. The largest absolute Gasteiger partial charge is 0.439 e. The SMILES string of the molecule is Cc1ccc(S(=O)(=O)Nc2ccc(Oc3ccc(C(=O)NC4CC4)cn3)cc2)cc1C. The van der Waals surface area contributed by atoms with Crippen LogP contribution in [-0.4, -0.2) is 25.4 Å². The lowest BCUT2D eigenvalue weighted by molar-refractivity contribution is 0.0950. The molecule has 0 radical (unpaired) electrons. The Labute approximate surface area is 181 Å². The molecule has 3 aromatic rings. The fourth-order valence-electron chi connectivity index (χ4n) is 2.88. The molecule has 2 N–H and O–H groups in total. The number of carbonyl (C=O) groups is 1. The maximum Gasteiger partial charge on any atom is 0.261 e. The standard InChI is InChI=1S/C23H23N3O4S/c1-15-3-11-21(13-16(15)2)31(28,29)26-19-7-9-20(10-8-19)30-22-12-4-17(14-24-22)23(27)25-18-5-6-18/h3-4,7-14,18,26H,5-6H2,1-2H3,(H,25,27). The van der Waals surface area contributed by atoms with Gasteiger partial charge in [0.2, 0.25) is 5.88 Å². The van der Waals surface area contributed by atoms with E-state index in [1.54, 1.807) is 54.6 Å². The summed E-state index contributed by atoms with van der Waals surface area (Å²) in [7, 11) is -3.68. The number of nitrogens with one attached hydrogen (secondary N) is 2. The molecule has 0 atom stereocenters. The molecule has 0 aliphatic heterocycles. The highest BCUT2D eigenvalue weighted by Gasteiger charge is 2.23. The van der Waals surface area contributed by atoms with Crippen LogP contribution in [0.1, 0.15) is 34.3 Å². The first-order chi connectivity index (χ1) is 14.8. The van der Waals surface area contributed by atoms with Gasteiger partial charge in [-0.2, -0.15) is 0 Å². The highest BCUT2D eigenvalue weighted by Crippen LogP contribution is 2.24. The normalized spacial score (nSPS) is 13.5. The van der Waals surface area contributed by atoms with E-state index >= 15 is 0 Å². The highest BCUT2D eigenvalue weighted by atomic mass is 32.2. The fraction of sp³-hybridized carbons (Fsp3) is 0.217. The lowest BCUT2D eigenvalue weighted by Crippen LogP contribution is -2.25. The predicted molar refractivity (Wildman–Crippen MR) is 118 cm³/mol. The van der Waals surface area contributed by atoms with Crippen LogP contribution >= 0.6 is 0 Å². The lowest BCUT2D eigenvalue weighted by atomic mass is 10.1. The van der Waals surface area contributed by atoms with E-state index in [1.807, 2.05) is 13.8 Å². The van der Waals surface area contributed by atoms with E-state index in [0.29, 0.717) is 22.9 Å². The van der Waals surface area contributed by atoms with Crippen LogP contribution in [0.3, 0.4) is 0 Å². The van der Waals surface area contributed by atoms with Crippen molar-refractivity contribution in [1.82, 2.24) is 10.3 Å². The first kappa shape index (κ1) is 20.9. The molecule has 1 aromatic heterocycles. The van der Waals surface area contributed by atoms with Gasteiger partial charge in [-0.15, -0.1) is 0 Å². The Hall–Kier alpha value is -3.39. The van der Waals surface area contributed by atoms with Crippen molar-refractivity contribution in [2.75, 3.05) is 4.72 Å². The van der Waals surface area contributed by atoms with Gasteiger partial charge in [0, 0.05) is 24.0 Å². The van der Waals surface area contributed by atoms with Crippen molar-refractivity contribution in [3.63, 3.8) is 0 Å². The minimum atomic E-state index is -3.68. The number of aryl methyl sites for hydroxylation is 2. The van der Waals surface area contributed by atoms with Gasteiger partial charge < -0.3 is 10.1 Å². The zero-order chi connectivity index (χ0) is 22.0.